The average molecular weight is 467 g/mol. The molecule has 2 atom stereocenters. The van der Waals surface area contributed by atoms with Crippen molar-refractivity contribution in [3.63, 3.8) is 0 Å². The second kappa shape index (κ2) is 8.41. The first-order valence-electron chi connectivity index (χ1n) is 11.2. The number of carbonyl (C=O) groups is 1. The Morgan fingerprint density at radius 2 is 2.09 bits per heavy atom. The van der Waals surface area contributed by atoms with Gasteiger partial charge in [-0.05, 0) is 74.0 Å². The normalized spacial score (nSPS) is 22.5. The number of nitrogens with one attached hydrogen (secondary N) is 2. The number of pyridine rings is 1. The maximum Gasteiger partial charge on any atom is 0.333 e. The molecule has 172 valence electrons. The number of aromatic nitrogens is 1. The number of likely N-dealkylation sites (tertiary alicyclic amines) is 1. The van der Waals surface area contributed by atoms with Gasteiger partial charge in [0.15, 0.2) is 0 Å². The fourth-order valence-electron chi connectivity index (χ4n) is 5.36. The molecular weight excluding hydrogens is 440 g/mol. The summed E-state index contributed by atoms with van der Waals surface area (Å²) in [5.74, 6) is 0.305. The van der Waals surface area contributed by atoms with Crippen LogP contribution >= 0.6 is 0 Å². The van der Waals surface area contributed by atoms with Crippen molar-refractivity contribution in [3.8, 4) is 17.2 Å². The lowest BCUT2D eigenvalue weighted by Crippen LogP contribution is -2.45. The number of anilines is 1. The summed E-state index contributed by atoms with van der Waals surface area (Å²) < 4.78 is 29.4. The van der Waals surface area contributed by atoms with Gasteiger partial charge in [0.1, 0.15) is 11.8 Å². The third-order valence-electron chi connectivity index (χ3n) is 7.06. The van der Waals surface area contributed by atoms with E-state index in [9.17, 15) is 18.5 Å². The van der Waals surface area contributed by atoms with E-state index >= 15 is 0 Å². The van der Waals surface area contributed by atoms with Crippen molar-refractivity contribution < 1.29 is 13.2 Å². The van der Waals surface area contributed by atoms with Crippen LogP contribution in [0, 0.1) is 17.2 Å². The molecule has 2 N–H and O–H groups in total. The summed E-state index contributed by atoms with van der Waals surface area (Å²) in [4.78, 5) is 19.1. The highest BCUT2D eigenvalue weighted by Gasteiger charge is 2.44. The van der Waals surface area contributed by atoms with Gasteiger partial charge in [-0.15, -0.1) is 0 Å². The first kappa shape index (κ1) is 21.8. The molecule has 0 spiro atoms. The van der Waals surface area contributed by atoms with E-state index in [1.165, 1.54) is 4.31 Å². The highest BCUT2D eigenvalue weighted by Crippen LogP contribution is 2.38. The maximum absolute atomic E-state index is 12.9. The number of urea groups is 1. The van der Waals surface area contributed by atoms with E-state index in [-0.39, 0.29) is 11.7 Å². The van der Waals surface area contributed by atoms with Crippen LogP contribution in [-0.2, 0) is 23.1 Å². The van der Waals surface area contributed by atoms with Crippen LogP contribution in [0.3, 0.4) is 0 Å². The fraction of sp³-hybridized carbons (Fsp3) is 0.435. The molecule has 5 rings (SSSR count). The molecule has 2 amide bonds. The minimum atomic E-state index is -3.96. The summed E-state index contributed by atoms with van der Waals surface area (Å²) in [7, 11) is -1.95. The summed E-state index contributed by atoms with van der Waals surface area (Å²) in [5, 5.41) is 12.0. The molecule has 1 aromatic heterocycles. The van der Waals surface area contributed by atoms with Gasteiger partial charge in [0.2, 0.25) is 0 Å². The van der Waals surface area contributed by atoms with Crippen LogP contribution in [0.2, 0.25) is 0 Å². The number of nitrogens with zero attached hydrogens (tertiary/aromatic N) is 4. The molecule has 2 aliphatic heterocycles. The average Bonchev–Trinajstić information content (AvgIpc) is 3.51. The lowest BCUT2D eigenvalue weighted by Gasteiger charge is -2.21. The number of hydrogen-bond donors (Lipinski definition) is 2. The summed E-state index contributed by atoms with van der Waals surface area (Å²) in [6.07, 6.45) is 5.20. The third kappa shape index (κ3) is 4.08. The zero-order valence-corrected chi connectivity index (χ0v) is 19.2. The molecule has 33 heavy (non-hydrogen) atoms. The van der Waals surface area contributed by atoms with Gasteiger partial charge in [-0.1, -0.05) is 12.1 Å². The van der Waals surface area contributed by atoms with Crippen molar-refractivity contribution in [1.82, 2.24) is 18.9 Å². The van der Waals surface area contributed by atoms with Gasteiger partial charge in [0.25, 0.3) is 0 Å². The Kier molecular flexibility index (Phi) is 5.56. The zero-order chi connectivity index (χ0) is 23.2. The van der Waals surface area contributed by atoms with Gasteiger partial charge >= 0.3 is 16.2 Å². The molecule has 1 aliphatic carbocycles. The number of fused-ring (bicyclic) bond motifs is 2. The minimum absolute atomic E-state index is 0.203. The Labute approximate surface area is 193 Å². The second-order valence-electron chi connectivity index (χ2n) is 9.00. The predicted molar refractivity (Wildman–Crippen MR) is 124 cm³/mol. The molecular formula is C23H26N6O3S. The van der Waals surface area contributed by atoms with Crippen molar-refractivity contribution >= 4 is 21.9 Å². The van der Waals surface area contributed by atoms with Crippen LogP contribution in [0.4, 0.5) is 10.5 Å². The van der Waals surface area contributed by atoms with Gasteiger partial charge in [0.05, 0.1) is 5.69 Å². The molecule has 2 unspecified atom stereocenters. The molecule has 3 heterocycles. The Balaban J connectivity index is 1.39. The number of benzene rings is 1. The van der Waals surface area contributed by atoms with Crippen molar-refractivity contribution in [2.45, 2.75) is 31.7 Å². The summed E-state index contributed by atoms with van der Waals surface area (Å²) in [6, 6.07) is 8.83. The van der Waals surface area contributed by atoms with Gasteiger partial charge in [-0.2, -0.15) is 18.0 Å². The molecule has 2 saturated heterocycles. The molecule has 9 nitrogen and oxygen atoms in total. The predicted octanol–water partition coefficient (Wildman–Crippen LogP) is 2.11. The maximum atomic E-state index is 12.9. The van der Waals surface area contributed by atoms with Gasteiger partial charge < -0.3 is 10.2 Å². The number of carbonyl (C=O) groups excluding carboxylic acids is 1. The van der Waals surface area contributed by atoms with Crippen LogP contribution in [0.1, 0.15) is 29.7 Å². The molecule has 1 aromatic carbocycles. The Morgan fingerprint density at radius 3 is 2.88 bits per heavy atom. The number of amides is 2. The minimum Gasteiger partial charge on any atom is -0.306 e. The third-order valence-corrected chi connectivity index (χ3v) is 8.48. The molecule has 2 aromatic rings. The topological polar surface area (TPSA) is 118 Å². The van der Waals surface area contributed by atoms with Gasteiger partial charge in [0, 0.05) is 30.9 Å². The van der Waals surface area contributed by atoms with E-state index in [0.29, 0.717) is 24.7 Å². The van der Waals surface area contributed by atoms with Crippen molar-refractivity contribution in [3.05, 3.63) is 47.3 Å². The second-order valence-corrected chi connectivity index (χ2v) is 10.7. The number of hydrogen-bond acceptors (Lipinski definition) is 6. The fourth-order valence-corrected chi connectivity index (χ4v) is 6.51. The zero-order valence-electron chi connectivity index (χ0n) is 18.4. The number of aryl methyl sites for hydroxylation is 1. The van der Waals surface area contributed by atoms with Crippen LogP contribution in [0.15, 0.2) is 30.5 Å². The first-order valence-corrected chi connectivity index (χ1v) is 12.6. The number of nitriles is 1. The lowest BCUT2D eigenvalue weighted by atomic mass is 9.97. The standard InChI is InChI=1S/C23H26N6O3S/c1-28-10-8-17-13-29(14-21(17)28)33(31,32)27-23(30)26-22-19-4-2-3-15(19)5-6-20(22)16-7-9-25-18(11-16)12-24/h5-7,9,11,17,21H,2-4,8,10,13-14H2,1H3,(H2,26,27,30). The quantitative estimate of drug-likeness (QED) is 0.713. The van der Waals surface area contributed by atoms with E-state index in [1.807, 2.05) is 25.2 Å². The molecule has 2 fully saturated rings. The summed E-state index contributed by atoms with van der Waals surface area (Å²) in [5.41, 5.74) is 4.49. The molecule has 10 heteroatoms. The van der Waals surface area contributed by atoms with Crippen LogP contribution in [0.25, 0.3) is 11.1 Å². The summed E-state index contributed by atoms with van der Waals surface area (Å²) >= 11 is 0. The Morgan fingerprint density at radius 1 is 1.24 bits per heavy atom. The number of rotatable bonds is 4. The van der Waals surface area contributed by atoms with Gasteiger partial charge in [-0.25, -0.2) is 14.5 Å². The lowest BCUT2D eigenvalue weighted by molar-refractivity contribution is 0.255. The van der Waals surface area contributed by atoms with E-state index in [2.05, 4.69) is 19.9 Å². The smallest absolute Gasteiger partial charge is 0.306 e. The van der Waals surface area contributed by atoms with Gasteiger partial charge in [-0.3, -0.25) is 0 Å². The Hall–Kier alpha value is -3.00. The largest absolute Gasteiger partial charge is 0.333 e. The van der Waals surface area contributed by atoms with E-state index in [0.717, 1.165) is 54.5 Å². The Bertz CT molecular complexity index is 1260. The molecule has 0 bridgehead atoms. The first-order chi connectivity index (χ1) is 15.9. The van der Waals surface area contributed by atoms with Crippen LogP contribution in [-0.4, -0.2) is 61.4 Å². The van der Waals surface area contributed by atoms with E-state index in [1.54, 1.807) is 18.3 Å². The van der Waals surface area contributed by atoms with E-state index in [4.69, 9.17) is 0 Å². The van der Waals surface area contributed by atoms with Crippen LogP contribution < -0.4 is 10.0 Å². The van der Waals surface area contributed by atoms with Crippen molar-refractivity contribution in [2.75, 3.05) is 32.0 Å². The number of likely N-dealkylation sites (N-methyl/N-ethyl adjacent to an activating group) is 1. The van der Waals surface area contributed by atoms with Crippen molar-refractivity contribution in [1.29, 1.82) is 5.26 Å². The summed E-state index contributed by atoms with van der Waals surface area (Å²) in [6.45, 7) is 1.79. The molecule has 0 saturated carbocycles. The highest BCUT2D eigenvalue weighted by atomic mass is 32.2. The van der Waals surface area contributed by atoms with E-state index < -0.39 is 16.2 Å². The van der Waals surface area contributed by atoms with Crippen molar-refractivity contribution in [2.24, 2.45) is 5.92 Å². The van der Waals surface area contributed by atoms with Crippen LogP contribution in [0.5, 0.6) is 0 Å². The SMILES string of the molecule is CN1CCC2CN(S(=O)(=O)NC(=O)Nc3c(-c4ccnc(C#N)c4)ccc4c3CCC4)CC21. The monoisotopic (exact) mass is 466 g/mol. The molecule has 0 radical (unpaired) electrons. The highest BCUT2D eigenvalue weighted by molar-refractivity contribution is 7.87. The molecule has 3 aliphatic rings.